The highest BCUT2D eigenvalue weighted by molar-refractivity contribution is 7.90. The standard InChI is InChI=1S/C58H60ClN11O10S/c1-58(2)18-13-40(48(31-58)38-4-6-41(59)7-5-38)35-66-23-25-67(26-24-66)42-8-11-46(51(29-42)80-43-28-39-14-19-60-53(39)62-33-43)54(72)64-81(78,79)44-9-12-49(50(30-44)70(76)77)61-32-36-15-20-65(21-16-36)34-37-3-10-45-47(27-37)56(74)69(55(45)73)68-22-17-52(71)63-57(68)75/h3-12,14,19,27-30,33,36,61H,13,15-18,20-26,31-32,34-35H2,1-2H3,(H,60,62)(H,64,72)(H,63,71,75). The number of ether oxygens (including phenoxy) is 1. The molecule has 5 aliphatic rings. The van der Waals surface area contributed by atoms with Gasteiger partial charge in [-0.1, -0.05) is 49.2 Å². The minimum Gasteiger partial charge on any atom is -0.455 e. The van der Waals surface area contributed by atoms with Crippen LogP contribution in [0, 0.1) is 21.4 Å². The van der Waals surface area contributed by atoms with E-state index in [1.54, 1.807) is 42.6 Å². The van der Waals surface area contributed by atoms with Gasteiger partial charge in [-0.2, -0.15) is 5.01 Å². The largest absolute Gasteiger partial charge is 0.455 e. The van der Waals surface area contributed by atoms with Crippen molar-refractivity contribution in [3.05, 3.63) is 152 Å². The number of allylic oxidation sites excluding steroid dienone is 1. The fourth-order valence-corrected chi connectivity index (χ4v) is 12.5. The topological polar surface area (TPSA) is 253 Å². The number of anilines is 2. The monoisotopic (exact) mass is 1140 g/mol. The van der Waals surface area contributed by atoms with Gasteiger partial charge in [0.05, 0.1) is 39.3 Å². The van der Waals surface area contributed by atoms with E-state index in [1.165, 1.54) is 41.1 Å². The predicted molar refractivity (Wildman–Crippen MR) is 303 cm³/mol. The SMILES string of the molecule is CC1(C)CCC(CN2CCN(c3ccc(C(=O)NS(=O)(=O)c4ccc(NCC5CCN(Cc6ccc7c(c6)C(=O)N(N6CCC(=O)NC6=O)C7=O)CC5)c([N+](=O)[O-])c4)c(Oc4cnc5[nH]ccc5c4)c3)CC2)=C(c2ccc(Cl)cc2)C1. The highest BCUT2D eigenvalue weighted by atomic mass is 35.5. The Morgan fingerprint density at radius 1 is 0.852 bits per heavy atom. The Hall–Kier alpha value is -8.18. The summed E-state index contributed by atoms with van der Waals surface area (Å²) in [7, 11) is -4.66. The van der Waals surface area contributed by atoms with Crippen LogP contribution in [0.1, 0.15) is 94.6 Å². The lowest BCUT2D eigenvalue weighted by molar-refractivity contribution is -0.384. The highest BCUT2D eigenvalue weighted by Crippen LogP contribution is 2.44. The number of sulfonamides is 1. The number of piperidine rings is 1. The van der Waals surface area contributed by atoms with Gasteiger partial charge in [0.15, 0.2) is 0 Å². The average Bonchev–Trinajstić information content (AvgIpc) is 4.05. The van der Waals surface area contributed by atoms with Crippen LogP contribution in [-0.4, -0.2) is 132 Å². The van der Waals surface area contributed by atoms with Gasteiger partial charge in [0, 0.05) is 86.7 Å². The molecule has 3 fully saturated rings. The van der Waals surface area contributed by atoms with E-state index in [-0.39, 0.29) is 52.4 Å². The van der Waals surface area contributed by atoms with E-state index in [0.717, 1.165) is 84.5 Å². The number of nitrogens with one attached hydrogen (secondary N) is 4. The number of amides is 6. The van der Waals surface area contributed by atoms with Crippen LogP contribution >= 0.6 is 11.6 Å². The number of piperazine rings is 1. The molecule has 0 bridgehead atoms. The smallest absolute Gasteiger partial charge is 0.343 e. The molecule has 4 aliphatic heterocycles. The zero-order chi connectivity index (χ0) is 56.7. The number of hydrogen-bond donors (Lipinski definition) is 4. The molecule has 6 aromatic rings. The minimum atomic E-state index is -4.66. The van der Waals surface area contributed by atoms with E-state index in [2.05, 4.69) is 66.0 Å². The number of H-pyrrole nitrogens is 1. The van der Waals surface area contributed by atoms with Crippen LogP contribution in [0.15, 0.2) is 114 Å². The number of imide groups is 2. The average molecular weight is 1140 g/mol. The lowest BCUT2D eigenvalue weighted by Gasteiger charge is -2.39. The molecule has 11 rings (SSSR count). The minimum absolute atomic E-state index is 0.0421. The Morgan fingerprint density at radius 2 is 1.60 bits per heavy atom. The fraction of sp³-hybridized carbons (Fsp3) is 0.345. The van der Waals surface area contributed by atoms with Gasteiger partial charge >= 0.3 is 6.03 Å². The number of nitrogens with zero attached hydrogens (tertiary/aromatic N) is 7. The van der Waals surface area contributed by atoms with E-state index in [1.807, 2.05) is 18.2 Å². The summed E-state index contributed by atoms with van der Waals surface area (Å²) in [5.74, 6) is -2.24. The number of hydrogen-bond acceptors (Lipinski definition) is 15. The Morgan fingerprint density at radius 3 is 2.36 bits per heavy atom. The maximum absolute atomic E-state index is 14.1. The van der Waals surface area contributed by atoms with Crippen molar-refractivity contribution in [2.75, 3.05) is 69.1 Å². The van der Waals surface area contributed by atoms with Gasteiger partial charge in [-0.3, -0.25) is 44.4 Å². The molecule has 0 spiro atoms. The van der Waals surface area contributed by atoms with E-state index in [9.17, 15) is 42.5 Å². The maximum Gasteiger partial charge on any atom is 0.343 e. The molecule has 6 amide bonds. The molecule has 0 radical (unpaired) electrons. The van der Waals surface area contributed by atoms with Gasteiger partial charge in [0.2, 0.25) is 5.91 Å². The molecule has 81 heavy (non-hydrogen) atoms. The molecule has 0 saturated carbocycles. The normalized spacial score (nSPS) is 18.3. The van der Waals surface area contributed by atoms with Gasteiger partial charge in [-0.05, 0) is 134 Å². The Bertz CT molecular complexity index is 3660. The van der Waals surface area contributed by atoms with E-state index in [0.29, 0.717) is 55.7 Å². The lowest BCUT2D eigenvalue weighted by Crippen LogP contribution is -2.58. The third kappa shape index (κ3) is 11.9. The number of benzene rings is 4. The van der Waals surface area contributed by atoms with Crippen molar-refractivity contribution in [3.8, 4) is 11.5 Å². The van der Waals surface area contributed by atoms with E-state index >= 15 is 0 Å². The summed E-state index contributed by atoms with van der Waals surface area (Å²) >= 11 is 6.26. The molecule has 0 unspecified atom stereocenters. The number of likely N-dealkylation sites (tertiary alicyclic amines) is 1. The van der Waals surface area contributed by atoms with Crippen LogP contribution in [0.2, 0.25) is 5.02 Å². The van der Waals surface area contributed by atoms with Crippen molar-refractivity contribution in [2.24, 2.45) is 11.3 Å². The number of pyridine rings is 1. The van der Waals surface area contributed by atoms with Gasteiger partial charge < -0.3 is 19.9 Å². The highest BCUT2D eigenvalue weighted by Gasteiger charge is 2.43. The van der Waals surface area contributed by atoms with Crippen LogP contribution in [0.5, 0.6) is 11.5 Å². The van der Waals surface area contributed by atoms with Crippen molar-refractivity contribution in [1.29, 1.82) is 0 Å². The first kappa shape index (κ1) is 54.8. The fourth-order valence-electron chi connectivity index (χ4n) is 11.4. The second-order valence-corrected chi connectivity index (χ2v) is 24.2. The van der Waals surface area contributed by atoms with Crippen molar-refractivity contribution >= 4 is 85.0 Å². The quantitative estimate of drug-likeness (QED) is 0.0402. The second-order valence-electron chi connectivity index (χ2n) is 22.1. The molecule has 420 valence electrons. The molecule has 4 aromatic carbocycles. The van der Waals surface area contributed by atoms with Crippen LogP contribution < -0.4 is 25.0 Å². The van der Waals surface area contributed by atoms with Crippen LogP contribution in [0.3, 0.4) is 0 Å². The zero-order valence-corrected chi connectivity index (χ0v) is 46.3. The summed E-state index contributed by atoms with van der Waals surface area (Å²) < 4.78 is 36.4. The zero-order valence-electron chi connectivity index (χ0n) is 44.7. The first-order chi connectivity index (χ1) is 38.8. The Kier molecular flexibility index (Phi) is 15.1. The number of fused-ring (bicyclic) bond motifs is 2. The number of nitro benzene ring substituents is 1. The summed E-state index contributed by atoms with van der Waals surface area (Å²) in [6.45, 7) is 10.6. The van der Waals surface area contributed by atoms with Crippen molar-refractivity contribution < 1.29 is 42.1 Å². The van der Waals surface area contributed by atoms with Gasteiger partial charge in [0.1, 0.15) is 22.8 Å². The molecule has 2 aromatic heterocycles. The number of carbonyl (C=O) groups excluding carboxylic acids is 5. The van der Waals surface area contributed by atoms with Gasteiger partial charge in [-0.25, -0.2) is 27.9 Å². The van der Waals surface area contributed by atoms with Crippen LogP contribution in [0.25, 0.3) is 16.6 Å². The lowest BCUT2D eigenvalue weighted by atomic mass is 9.72. The predicted octanol–water partition coefficient (Wildman–Crippen LogP) is 8.60. The number of urea groups is 1. The van der Waals surface area contributed by atoms with Crippen LogP contribution in [0.4, 0.5) is 21.9 Å². The first-order valence-electron chi connectivity index (χ1n) is 27.0. The molecule has 1 aliphatic carbocycles. The summed E-state index contributed by atoms with van der Waals surface area (Å²) in [5.41, 5.74) is 6.35. The summed E-state index contributed by atoms with van der Waals surface area (Å²) in [4.78, 5) is 90.4. The van der Waals surface area contributed by atoms with Crippen molar-refractivity contribution in [3.63, 3.8) is 0 Å². The number of nitro groups is 1. The number of aromatic amines is 1. The van der Waals surface area contributed by atoms with Crippen molar-refractivity contribution in [2.45, 2.75) is 63.8 Å². The number of hydrazine groups is 1. The molecule has 23 heteroatoms. The number of carbonyl (C=O) groups is 5. The summed E-state index contributed by atoms with van der Waals surface area (Å²) in [5, 5.41) is 20.9. The van der Waals surface area contributed by atoms with Crippen molar-refractivity contribution in [1.82, 2.24) is 39.8 Å². The maximum atomic E-state index is 14.1. The molecule has 21 nitrogen and oxygen atoms in total. The second kappa shape index (κ2) is 22.4. The Labute approximate surface area is 472 Å². The molecule has 4 N–H and O–H groups in total. The molecular formula is C58H60ClN11O10S. The van der Waals surface area contributed by atoms with Gasteiger partial charge in [-0.15, -0.1) is 0 Å². The molecule has 6 heterocycles. The van der Waals surface area contributed by atoms with E-state index in [4.69, 9.17) is 16.3 Å². The molecule has 3 saturated heterocycles. The molecule has 0 atom stereocenters. The summed E-state index contributed by atoms with van der Waals surface area (Å²) in [6.07, 6.45) is 7.79. The molecular weight excluding hydrogens is 1080 g/mol. The number of halogens is 1. The van der Waals surface area contributed by atoms with Gasteiger partial charge in [0.25, 0.3) is 33.4 Å². The van der Waals surface area contributed by atoms with Crippen LogP contribution in [-0.2, 0) is 21.4 Å². The number of aromatic nitrogens is 2. The Balaban J connectivity index is 0.727. The third-order valence-corrected chi connectivity index (χ3v) is 17.5. The third-order valence-electron chi connectivity index (χ3n) is 15.9. The summed E-state index contributed by atoms with van der Waals surface area (Å²) in [6, 6.07) is 24.3. The first-order valence-corrected chi connectivity index (χ1v) is 28.8. The number of rotatable bonds is 16. The van der Waals surface area contributed by atoms with E-state index < -0.39 is 55.2 Å².